The Balaban J connectivity index is 2.12. The van der Waals surface area contributed by atoms with Crippen molar-refractivity contribution in [1.29, 1.82) is 0 Å². The standard InChI is InChI=1S/C13H15NO3/c1-8-6-10(15)12-11(17-8)7-9-4-2-3-5-14(9)13(12)16/h6,9H,2-5,7H2,1H3. The Hall–Kier alpha value is -1.58. The van der Waals surface area contributed by atoms with Crippen molar-refractivity contribution in [3.8, 4) is 0 Å². The van der Waals surface area contributed by atoms with Crippen LogP contribution in [-0.4, -0.2) is 23.4 Å². The molecule has 90 valence electrons. The highest BCUT2D eigenvalue weighted by Gasteiger charge is 2.36. The Morgan fingerprint density at radius 2 is 2.18 bits per heavy atom. The Bertz CT molecular complexity index is 532. The number of piperidine rings is 1. The summed E-state index contributed by atoms with van der Waals surface area (Å²) in [4.78, 5) is 26.0. The molecule has 0 saturated carbocycles. The first kappa shape index (κ1) is 10.6. The summed E-state index contributed by atoms with van der Waals surface area (Å²) in [6.45, 7) is 2.52. The van der Waals surface area contributed by atoms with Gasteiger partial charge in [0, 0.05) is 25.1 Å². The summed E-state index contributed by atoms with van der Waals surface area (Å²) in [7, 11) is 0. The first-order valence-corrected chi connectivity index (χ1v) is 6.11. The van der Waals surface area contributed by atoms with Crippen LogP contribution in [-0.2, 0) is 6.42 Å². The van der Waals surface area contributed by atoms with E-state index in [1.807, 2.05) is 4.90 Å². The first-order valence-electron chi connectivity index (χ1n) is 6.11. The molecule has 1 saturated heterocycles. The number of carbonyl (C=O) groups excluding carboxylic acids is 1. The van der Waals surface area contributed by atoms with Gasteiger partial charge in [0.2, 0.25) is 0 Å². The molecule has 0 radical (unpaired) electrons. The SMILES string of the molecule is Cc1cc(=O)c2c(o1)CC1CCCCN1C2=O. The average Bonchev–Trinajstić information content (AvgIpc) is 2.28. The zero-order valence-electron chi connectivity index (χ0n) is 9.86. The van der Waals surface area contributed by atoms with Crippen LogP contribution in [0.2, 0.25) is 0 Å². The van der Waals surface area contributed by atoms with Crippen LogP contribution in [0.4, 0.5) is 0 Å². The highest BCUT2D eigenvalue weighted by molar-refractivity contribution is 5.96. The number of fused-ring (bicyclic) bond motifs is 2. The van der Waals surface area contributed by atoms with Gasteiger partial charge in [0.05, 0.1) is 0 Å². The Morgan fingerprint density at radius 3 is 3.00 bits per heavy atom. The number of hydrogen-bond donors (Lipinski definition) is 0. The third-order valence-electron chi connectivity index (χ3n) is 3.67. The fourth-order valence-corrected chi connectivity index (χ4v) is 2.88. The molecule has 1 unspecified atom stereocenters. The molecule has 3 heterocycles. The van der Waals surface area contributed by atoms with Crippen LogP contribution >= 0.6 is 0 Å². The van der Waals surface area contributed by atoms with E-state index in [1.54, 1.807) is 6.92 Å². The van der Waals surface area contributed by atoms with Gasteiger partial charge in [-0.3, -0.25) is 9.59 Å². The third-order valence-corrected chi connectivity index (χ3v) is 3.67. The number of aryl methyl sites for hydroxylation is 1. The van der Waals surface area contributed by atoms with Crippen LogP contribution in [0.5, 0.6) is 0 Å². The molecule has 1 aromatic heterocycles. The summed E-state index contributed by atoms with van der Waals surface area (Å²) >= 11 is 0. The molecular weight excluding hydrogens is 218 g/mol. The third kappa shape index (κ3) is 1.59. The summed E-state index contributed by atoms with van der Waals surface area (Å²) < 4.78 is 5.55. The zero-order valence-corrected chi connectivity index (χ0v) is 9.86. The Labute approximate surface area is 99.2 Å². The van der Waals surface area contributed by atoms with Gasteiger partial charge in [-0.25, -0.2) is 0 Å². The lowest BCUT2D eigenvalue weighted by atomic mass is 9.91. The molecule has 0 aliphatic carbocycles. The summed E-state index contributed by atoms with van der Waals surface area (Å²) in [6.07, 6.45) is 3.90. The summed E-state index contributed by atoms with van der Waals surface area (Å²) in [5, 5.41) is 0. The van der Waals surface area contributed by atoms with E-state index in [9.17, 15) is 9.59 Å². The van der Waals surface area contributed by atoms with Gasteiger partial charge in [-0.15, -0.1) is 0 Å². The normalized spacial score (nSPS) is 23.2. The second-order valence-electron chi connectivity index (χ2n) is 4.87. The minimum atomic E-state index is -0.197. The molecule has 0 bridgehead atoms. The van der Waals surface area contributed by atoms with Gasteiger partial charge < -0.3 is 9.32 Å². The molecular formula is C13H15NO3. The van der Waals surface area contributed by atoms with Crippen LogP contribution < -0.4 is 5.43 Å². The van der Waals surface area contributed by atoms with Gasteiger partial charge in [0.1, 0.15) is 17.1 Å². The van der Waals surface area contributed by atoms with Crippen molar-refractivity contribution in [1.82, 2.24) is 4.90 Å². The summed E-state index contributed by atoms with van der Waals surface area (Å²) in [5.41, 5.74) is 0.0616. The highest BCUT2D eigenvalue weighted by Crippen LogP contribution is 2.28. The Kier molecular flexibility index (Phi) is 2.31. The van der Waals surface area contributed by atoms with Crippen LogP contribution in [0, 0.1) is 6.92 Å². The van der Waals surface area contributed by atoms with Crippen LogP contribution in [0.15, 0.2) is 15.3 Å². The predicted molar refractivity (Wildman–Crippen MR) is 62.1 cm³/mol. The van der Waals surface area contributed by atoms with Crippen molar-refractivity contribution in [2.75, 3.05) is 6.54 Å². The van der Waals surface area contributed by atoms with Crippen molar-refractivity contribution < 1.29 is 9.21 Å². The molecule has 0 spiro atoms. The average molecular weight is 233 g/mol. The van der Waals surface area contributed by atoms with Gasteiger partial charge in [0.15, 0.2) is 5.43 Å². The van der Waals surface area contributed by atoms with Gasteiger partial charge in [-0.05, 0) is 26.2 Å². The molecule has 2 aliphatic rings. The number of rotatable bonds is 0. The second kappa shape index (κ2) is 3.72. The fraction of sp³-hybridized carbons (Fsp3) is 0.538. The van der Waals surface area contributed by atoms with Crippen molar-refractivity contribution in [3.05, 3.63) is 33.4 Å². The minimum Gasteiger partial charge on any atom is -0.465 e. The van der Waals surface area contributed by atoms with Crippen molar-refractivity contribution >= 4 is 5.91 Å². The maximum absolute atomic E-state index is 12.2. The van der Waals surface area contributed by atoms with E-state index in [0.29, 0.717) is 17.9 Å². The molecule has 0 N–H and O–H groups in total. The monoisotopic (exact) mass is 233 g/mol. The second-order valence-corrected chi connectivity index (χ2v) is 4.87. The topological polar surface area (TPSA) is 50.5 Å². The van der Waals surface area contributed by atoms with Crippen LogP contribution in [0.25, 0.3) is 0 Å². The predicted octanol–water partition coefficient (Wildman–Crippen LogP) is 1.50. The maximum atomic E-state index is 12.2. The molecule has 1 aromatic rings. The first-order chi connectivity index (χ1) is 8.16. The van der Waals surface area contributed by atoms with E-state index < -0.39 is 0 Å². The van der Waals surface area contributed by atoms with Gasteiger partial charge in [0.25, 0.3) is 5.91 Å². The lowest BCUT2D eigenvalue weighted by Crippen LogP contribution is -2.50. The summed E-state index contributed by atoms with van der Waals surface area (Å²) in [6, 6.07) is 1.63. The van der Waals surface area contributed by atoms with Crippen molar-refractivity contribution in [3.63, 3.8) is 0 Å². The van der Waals surface area contributed by atoms with E-state index >= 15 is 0 Å². The quantitative estimate of drug-likeness (QED) is 0.682. The van der Waals surface area contributed by atoms with E-state index in [2.05, 4.69) is 0 Å². The molecule has 4 nitrogen and oxygen atoms in total. The van der Waals surface area contributed by atoms with Gasteiger partial charge in [-0.2, -0.15) is 0 Å². The molecule has 2 aliphatic heterocycles. The minimum absolute atomic E-state index is 0.135. The zero-order chi connectivity index (χ0) is 12.0. The van der Waals surface area contributed by atoms with E-state index in [-0.39, 0.29) is 22.9 Å². The number of carbonyl (C=O) groups is 1. The molecule has 4 heteroatoms. The van der Waals surface area contributed by atoms with Gasteiger partial charge in [-0.1, -0.05) is 0 Å². The van der Waals surface area contributed by atoms with Crippen molar-refractivity contribution in [2.24, 2.45) is 0 Å². The van der Waals surface area contributed by atoms with Crippen LogP contribution in [0.1, 0.15) is 41.1 Å². The van der Waals surface area contributed by atoms with Crippen molar-refractivity contribution in [2.45, 2.75) is 38.6 Å². The van der Waals surface area contributed by atoms with E-state index in [4.69, 9.17) is 4.42 Å². The maximum Gasteiger partial charge on any atom is 0.261 e. The molecule has 1 atom stereocenters. The number of amides is 1. The smallest absolute Gasteiger partial charge is 0.261 e. The molecule has 17 heavy (non-hydrogen) atoms. The fourth-order valence-electron chi connectivity index (χ4n) is 2.88. The molecule has 1 fully saturated rings. The lowest BCUT2D eigenvalue weighted by molar-refractivity contribution is 0.0558. The largest absolute Gasteiger partial charge is 0.465 e. The summed E-state index contributed by atoms with van der Waals surface area (Å²) in [5.74, 6) is 1.04. The lowest BCUT2D eigenvalue weighted by Gasteiger charge is -2.38. The number of hydrogen-bond acceptors (Lipinski definition) is 3. The van der Waals surface area contributed by atoms with Gasteiger partial charge >= 0.3 is 0 Å². The highest BCUT2D eigenvalue weighted by atomic mass is 16.3. The molecule has 1 amide bonds. The van der Waals surface area contributed by atoms with E-state index in [0.717, 1.165) is 25.8 Å². The van der Waals surface area contributed by atoms with Crippen LogP contribution in [0.3, 0.4) is 0 Å². The number of nitrogens with zero attached hydrogens (tertiary/aromatic N) is 1. The molecule has 3 rings (SSSR count). The molecule has 0 aromatic carbocycles. The Morgan fingerprint density at radius 1 is 1.35 bits per heavy atom. The van der Waals surface area contributed by atoms with E-state index in [1.165, 1.54) is 6.07 Å².